The summed E-state index contributed by atoms with van der Waals surface area (Å²) in [5, 5.41) is 5.59. The molecule has 0 aliphatic rings. The molecule has 0 aliphatic heterocycles. The van der Waals surface area contributed by atoms with Crippen molar-refractivity contribution in [2.75, 3.05) is 11.9 Å². The monoisotopic (exact) mass is 268 g/mol. The number of rotatable bonds is 3. The summed E-state index contributed by atoms with van der Waals surface area (Å²) in [4.78, 5) is 23.0. The number of carbonyl (C=O) groups is 2. The van der Waals surface area contributed by atoms with E-state index in [0.29, 0.717) is 23.2 Å². The van der Waals surface area contributed by atoms with Crippen LogP contribution in [0.3, 0.4) is 0 Å². The molecule has 4 nitrogen and oxygen atoms in total. The molecule has 0 spiro atoms. The van der Waals surface area contributed by atoms with Crippen LogP contribution in [0.2, 0.25) is 5.02 Å². The molecular weight excluding hydrogens is 252 g/mol. The van der Waals surface area contributed by atoms with Crippen LogP contribution in [0.4, 0.5) is 5.69 Å². The Morgan fingerprint density at radius 1 is 1.28 bits per heavy atom. The van der Waals surface area contributed by atoms with Crippen molar-refractivity contribution in [1.29, 1.82) is 0 Å². The summed E-state index contributed by atoms with van der Waals surface area (Å²) in [6, 6.07) is 5.10. The zero-order chi connectivity index (χ0) is 13.7. The summed E-state index contributed by atoms with van der Waals surface area (Å²) in [5.74, 6) is -1.02. The van der Waals surface area contributed by atoms with Crippen molar-refractivity contribution in [3.63, 3.8) is 0 Å². The van der Waals surface area contributed by atoms with E-state index in [4.69, 9.17) is 11.6 Å². The first-order valence-electron chi connectivity index (χ1n) is 5.75. The van der Waals surface area contributed by atoms with E-state index in [1.807, 2.05) is 20.8 Å². The van der Waals surface area contributed by atoms with Gasteiger partial charge in [-0.15, -0.1) is 0 Å². The minimum Gasteiger partial charge on any atom is -0.348 e. The van der Waals surface area contributed by atoms with Crippen molar-refractivity contribution >= 4 is 29.1 Å². The lowest BCUT2D eigenvalue weighted by Crippen LogP contribution is -2.37. The van der Waals surface area contributed by atoms with Crippen LogP contribution in [0.25, 0.3) is 0 Å². The predicted octanol–water partition coefficient (Wildman–Crippen LogP) is 2.36. The van der Waals surface area contributed by atoms with E-state index in [-0.39, 0.29) is 0 Å². The first kappa shape index (κ1) is 14.5. The van der Waals surface area contributed by atoms with Gasteiger partial charge >= 0.3 is 11.8 Å². The predicted molar refractivity (Wildman–Crippen MR) is 72.7 cm³/mol. The normalized spacial score (nSPS) is 10.3. The van der Waals surface area contributed by atoms with E-state index in [0.717, 1.165) is 5.56 Å². The highest BCUT2D eigenvalue weighted by Gasteiger charge is 2.13. The van der Waals surface area contributed by atoms with E-state index in [9.17, 15) is 9.59 Å². The molecule has 0 aliphatic carbocycles. The Balaban J connectivity index is 2.58. The average molecular weight is 269 g/mol. The molecule has 0 saturated heterocycles. The van der Waals surface area contributed by atoms with Gasteiger partial charge in [-0.1, -0.05) is 31.5 Å². The van der Waals surface area contributed by atoms with E-state index >= 15 is 0 Å². The molecule has 0 aromatic heterocycles. The van der Waals surface area contributed by atoms with Crippen molar-refractivity contribution in [2.24, 2.45) is 5.92 Å². The molecule has 0 unspecified atom stereocenters. The van der Waals surface area contributed by atoms with Gasteiger partial charge < -0.3 is 10.6 Å². The Hall–Kier alpha value is -1.55. The maximum absolute atomic E-state index is 11.6. The number of anilines is 1. The van der Waals surface area contributed by atoms with Crippen molar-refractivity contribution in [3.8, 4) is 0 Å². The largest absolute Gasteiger partial charge is 0.348 e. The van der Waals surface area contributed by atoms with Gasteiger partial charge in [0, 0.05) is 17.3 Å². The molecule has 18 heavy (non-hydrogen) atoms. The minimum atomic E-state index is -0.685. The van der Waals surface area contributed by atoms with Crippen molar-refractivity contribution < 1.29 is 9.59 Å². The summed E-state index contributed by atoms with van der Waals surface area (Å²) in [5.41, 5.74) is 1.43. The summed E-state index contributed by atoms with van der Waals surface area (Å²) in [6.07, 6.45) is 0. The summed E-state index contributed by atoms with van der Waals surface area (Å²) >= 11 is 5.93. The van der Waals surface area contributed by atoms with Gasteiger partial charge in [-0.2, -0.15) is 0 Å². The molecular formula is C13H17ClN2O2. The van der Waals surface area contributed by atoms with E-state index in [2.05, 4.69) is 10.6 Å². The molecule has 0 fully saturated rings. The summed E-state index contributed by atoms with van der Waals surface area (Å²) in [7, 11) is 0. The van der Waals surface area contributed by atoms with Gasteiger partial charge in [0.25, 0.3) is 0 Å². The van der Waals surface area contributed by atoms with Crippen LogP contribution >= 0.6 is 11.6 Å². The molecule has 0 saturated carbocycles. The third kappa shape index (κ3) is 4.37. The summed E-state index contributed by atoms with van der Waals surface area (Å²) in [6.45, 7) is 6.25. The number of aryl methyl sites for hydroxylation is 1. The number of benzene rings is 1. The second-order valence-electron chi connectivity index (χ2n) is 4.52. The summed E-state index contributed by atoms with van der Waals surface area (Å²) < 4.78 is 0. The van der Waals surface area contributed by atoms with Gasteiger partial charge in [0.15, 0.2) is 0 Å². The SMILES string of the molecule is Cc1ccc(NC(=O)C(=O)NCC(C)C)cc1Cl. The molecule has 2 amide bonds. The molecule has 1 aromatic rings. The number of hydrogen-bond donors (Lipinski definition) is 2. The number of carbonyl (C=O) groups excluding carboxylic acids is 2. The lowest BCUT2D eigenvalue weighted by atomic mass is 10.2. The number of hydrogen-bond acceptors (Lipinski definition) is 2. The third-order valence-corrected chi connectivity index (χ3v) is 2.71. The first-order valence-corrected chi connectivity index (χ1v) is 6.13. The smallest absolute Gasteiger partial charge is 0.313 e. The Morgan fingerprint density at radius 2 is 1.94 bits per heavy atom. The second-order valence-corrected chi connectivity index (χ2v) is 4.93. The van der Waals surface area contributed by atoms with Gasteiger partial charge in [0.1, 0.15) is 0 Å². The van der Waals surface area contributed by atoms with Gasteiger partial charge in [0.2, 0.25) is 0 Å². The molecule has 5 heteroatoms. The van der Waals surface area contributed by atoms with Crippen molar-refractivity contribution in [3.05, 3.63) is 28.8 Å². The maximum Gasteiger partial charge on any atom is 0.313 e. The lowest BCUT2D eigenvalue weighted by molar-refractivity contribution is -0.136. The Morgan fingerprint density at radius 3 is 2.50 bits per heavy atom. The van der Waals surface area contributed by atoms with Crippen LogP contribution in [0, 0.1) is 12.8 Å². The standard InChI is InChI=1S/C13H17ClN2O2/c1-8(2)7-15-12(17)13(18)16-10-5-4-9(3)11(14)6-10/h4-6,8H,7H2,1-3H3,(H,15,17)(H,16,18). The zero-order valence-electron chi connectivity index (χ0n) is 10.7. The molecule has 0 radical (unpaired) electrons. The highest BCUT2D eigenvalue weighted by Crippen LogP contribution is 2.19. The van der Waals surface area contributed by atoms with Gasteiger partial charge in [-0.25, -0.2) is 0 Å². The number of amides is 2. The van der Waals surface area contributed by atoms with E-state index < -0.39 is 11.8 Å². The first-order chi connectivity index (χ1) is 8.40. The second kappa shape index (κ2) is 6.40. The van der Waals surface area contributed by atoms with Gasteiger partial charge in [0.05, 0.1) is 0 Å². The van der Waals surface area contributed by atoms with Crippen LogP contribution in [0.5, 0.6) is 0 Å². The fraction of sp³-hybridized carbons (Fsp3) is 0.385. The Labute approximate surface area is 112 Å². The van der Waals surface area contributed by atoms with Gasteiger partial charge in [-0.3, -0.25) is 9.59 Å². The van der Waals surface area contributed by atoms with Crippen LogP contribution in [-0.4, -0.2) is 18.4 Å². The molecule has 0 atom stereocenters. The highest BCUT2D eigenvalue weighted by molar-refractivity contribution is 6.39. The van der Waals surface area contributed by atoms with Gasteiger partial charge in [-0.05, 0) is 30.5 Å². The molecule has 1 rings (SSSR count). The molecule has 1 aromatic carbocycles. The third-order valence-electron chi connectivity index (χ3n) is 2.31. The minimum absolute atomic E-state index is 0.301. The average Bonchev–Trinajstić information content (AvgIpc) is 2.30. The van der Waals surface area contributed by atoms with Crippen LogP contribution in [0.15, 0.2) is 18.2 Å². The van der Waals surface area contributed by atoms with Crippen LogP contribution in [-0.2, 0) is 9.59 Å². The molecule has 98 valence electrons. The fourth-order valence-electron chi connectivity index (χ4n) is 1.24. The fourth-order valence-corrected chi connectivity index (χ4v) is 1.42. The Bertz CT molecular complexity index is 458. The quantitative estimate of drug-likeness (QED) is 0.827. The number of halogens is 1. The molecule has 2 N–H and O–H groups in total. The van der Waals surface area contributed by atoms with E-state index in [1.165, 1.54) is 0 Å². The van der Waals surface area contributed by atoms with Crippen LogP contribution < -0.4 is 10.6 Å². The topological polar surface area (TPSA) is 58.2 Å². The Kier molecular flexibility index (Phi) is 5.16. The number of nitrogens with one attached hydrogen (secondary N) is 2. The molecule has 0 bridgehead atoms. The highest BCUT2D eigenvalue weighted by atomic mass is 35.5. The van der Waals surface area contributed by atoms with E-state index in [1.54, 1.807) is 18.2 Å². The van der Waals surface area contributed by atoms with Crippen molar-refractivity contribution in [2.45, 2.75) is 20.8 Å². The lowest BCUT2D eigenvalue weighted by Gasteiger charge is -2.08. The maximum atomic E-state index is 11.6. The molecule has 0 heterocycles. The van der Waals surface area contributed by atoms with Crippen LogP contribution in [0.1, 0.15) is 19.4 Å². The zero-order valence-corrected chi connectivity index (χ0v) is 11.5. The van der Waals surface area contributed by atoms with Crippen molar-refractivity contribution in [1.82, 2.24) is 5.32 Å².